The number of nitrogens with one attached hydrogen (secondary N) is 1. The molecule has 110 valence electrons. The second-order valence-corrected chi connectivity index (χ2v) is 5.56. The van der Waals surface area contributed by atoms with Gasteiger partial charge in [0, 0.05) is 18.7 Å². The van der Waals surface area contributed by atoms with Crippen LogP contribution in [0, 0.1) is 21.8 Å². The van der Waals surface area contributed by atoms with Gasteiger partial charge in [0.15, 0.2) is 0 Å². The van der Waals surface area contributed by atoms with E-state index in [-0.39, 0.29) is 0 Å². The van der Waals surface area contributed by atoms with Crippen LogP contribution in [0.3, 0.4) is 0 Å². The monoisotopic (exact) mass is 280 g/mol. The standard InChI is InChI=1S/C15H21FN2O2/c1-2-11-4-3-5-13(8-11)17-10-12-6-7-15(18(19)20)14(16)9-12/h6-7,9,11,13,17H,2-5,8,10H2,1H3. The Kier molecular flexibility index (Phi) is 5.06. The lowest BCUT2D eigenvalue weighted by Crippen LogP contribution is -2.33. The van der Waals surface area contributed by atoms with E-state index >= 15 is 0 Å². The van der Waals surface area contributed by atoms with E-state index in [9.17, 15) is 14.5 Å². The first-order valence-electron chi connectivity index (χ1n) is 7.26. The summed E-state index contributed by atoms with van der Waals surface area (Å²) in [6.07, 6.45) is 6.09. The third-order valence-corrected chi connectivity index (χ3v) is 4.16. The molecule has 0 radical (unpaired) electrons. The molecule has 1 aliphatic carbocycles. The van der Waals surface area contributed by atoms with Gasteiger partial charge in [-0.2, -0.15) is 4.39 Å². The molecule has 1 fully saturated rings. The summed E-state index contributed by atoms with van der Waals surface area (Å²) in [5, 5.41) is 14.0. The van der Waals surface area contributed by atoms with E-state index in [4.69, 9.17) is 0 Å². The largest absolute Gasteiger partial charge is 0.310 e. The first kappa shape index (κ1) is 14.9. The van der Waals surface area contributed by atoms with Crippen molar-refractivity contribution >= 4 is 5.69 Å². The van der Waals surface area contributed by atoms with Gasteiger partial charge in [-0.05, 0) is 30.4 Å². The maximum Gasteiger partial charge on any atom is 0.304 e. The number of hydrogen-bond donors (Lipinski definition) is 1. The van der Waals surface area contributed by atoms with Gasteiger partial charge in [0.25, 0.3) is 0 Å². The highest BCUT2D eigenvalue weighted by molar-refractivity contribution is 5.34. The number of benzene rings is 1. The molecule has 1 aromatic rings. The smallest absolute Gasteiger partial charge is 0.304 e. The zero-order valence-electron chi connectivity index (χ0n) is 11.8. The number of nitrogens with zero attached hydrogens (tertiary/aromatic N) is 1. The molecule has 1 aliphatic rings. The molecular weight excluding hydrogens is 259 g/mol. The van der Waals surface area contributed by atoms with E-state index in [0.29, 0.717) is 12.6 Å². The van der Waals surface area contributed by atoms with Crippen molar-refractivity contribution in [2.24, 2.45) is 5.92 Å². The Morgan fingerprint density at radius 3 is 2.90 bits per heavy atom. The second kappa shape index (κ2) is 6.79. The molecule has 0 saturated heterocycles. The van der Waals surface area contributed by atoms with Crippen LogP contribution in [0.15, 0.2) is 18.2 Å². The topological polar surface area (TPSA) is 55.2 Å². The molecule has 4 nitrogen and oxygen atoms in total. The number of nitro groups is 1. The average Bonchev–Trinajstić information content (AvgIpc) is 2.45. The summed E-state index contributed by atoms with van der Waals surface area (Å²) in [4.78, 5) is 9.86. The van der Waals surface area contributed by atoms with Crippen LogP contribution in [0.5, 0.6) is 0 Å². The van der Waals surface area contributed by atoms with Crippen molar-refractivity contribution in [1.82, 2.24) is 5.32 Å². The summed E-state index contributed by atoms with van der Waals surface area (Å²) in [5.74, 6) is 0.0271. The number of rotatable bonds is 5. The van der Waals surface area contributed by atoms with Gasteiger partial charge in [-0.1, -0.05) is 32.3 Å². The van der Waals surface area contributed by atoms with Crippen LogP contribution in [0.4, 0.5) is 10.1 Å². The van der Waals surface area contributed by atoms with Gasteiger partial charge in [-0.3, -0.25) is 10.1 Å². The highest BCUT2D eigenvalue weighted by Gasteiger charge is 2.20. The number of nitro benzene ring substituents is 1. The van der Waals surface area contributed by atoms with Crippen LogP contribution in [0.25, 0.3) is 0 Å². The Bertz CT molecular complexity index is 479. The predicted octanol–water partition coefficient (Wildman–Crippen LogP) is 3.79. The van der Waals surface area contributed by atoms with E-state index in [1.54, 1.807) is 6.07 Å². The van der Waals surface area contributed by atoms with E-state index < -0.39 is 16.4 Å². The molecule has 2 unspecified atom stereocenters. The third kappa shape index (κ3) is 3.76. The molecular formula is C15H21FN2O2. The van der Waals surface area contributed by atoms with Crippen molar-refractivity contribution in [3.05, 3.63) is 39.7 Å². The summed E-state index contributed by atoms with van der Waals surface area (Å²) in [6, 6.07) is 4.59. The highest BCUT2D eigenvalue weighted by Crippen LogP contribution is 2.27. The van der Waals surface area contributed by atoms with Crippen molar-refractivity contribution in [3.8, 4) is 0 Å². The maximum absolute atomic E-state index is 13.5. The molecule has 2 rings (SSSR count). The van der Waals surface area contributed by atoms with Gasteiger partial charge >= 0.3 is 5.69 Å². The van der Waals surface area contributed by atoms with Crippen molar-refractivity contribution in [3.63, 3.8) is 0 Å². The molecule has 0 amide bonds. The van der Waals surface area contributed by atoms with Crippen molar-refractivity contribution in [2.45, 2.75) is 51.6 Å². The van der Waals surface area contributed by atoms with Gasteiger partial charge in [-0.25, -0.2) is 0 Å². The zero-order valence-corrected chi connectivity index (χ0v) is 11.8. The molecule has 1 aromatic carbocycles. The fraction of sp³-hybridized carbons (Fsp3) is 0.600. The van der Waals surface area contributed by atoms with Crippen LogP contribution in [0.1, 0.15) is 44.6 Å². The van der Waals surface area contributed by atoms with Gasteiger partial charge in [0.1, 0.15) is 0 Å². The Morgan fingerprint density at radius 1 is 1.45 bits per heavy atom. The van der Waals surface area contributed by atoms with Crippen LogP contribution >= 0.6 is 0 Å². The SMILES string of the molecule is CCC1CCCC(NCc2ccc([N+](=O)[O-])c(F)c2)C1. The van der Waals surface area contributed by atoms with E-state index in [0.717, 1.165) is 17.9 Å². The number of halogens is 1. The number of hydrogen-bond acceptors (Lipinski definition) is 3. The molecule has 20 heavy (non-hydrogen) atoms. The second-order valence-electron chi connectivity index (χ2n) is 5.56. The van der Waals surface area contributed by atoms with E-state index in [1.807, 2.05) is 0 Å². The molecule has 0 spiro atoms. The molecule has 2 atom stereocenters. The van der Waals surface area contributed by atoms with Crippen molar-refractivity contribution in [2.75, 3.05) is 0 Å². The van der Waals surface area contributed by atoms with Crippen molar-refractivity contribution in [1.29, 1.82) is 0 Å². The minimum atomic E-state index is -0.760. The normalized spacial score (nSPS) is 22.7. The molecule has 5 heteroatoms. The minimum Gasteiger partial charge on any atom is -0.310 e. The van der Waals surface area contributed by atoms with Gasteiger partial charge in [0.05, 0.1) is 4.92 Å². The summed E-state index contributed by atoms with van der Waals surface area (Å²) >= 11 is 0. The fourth-order valence-corrected chi connectivity index (χ4v) is 2.92. The summed E-state index contributed by atoms with van der Waals surface area (Å²) < 4.78 is 13.5. The predicted molar refractivity (Wildman–Crippen MR) is 75.9 cm³/mol. The fourth-order valence-electron chi connectivity index (χ4n) is 2.92. The Morgan fingerprint density at radius 2 is 2.25 bits per heavy atom. The third-order valence-electron chi connectivity index (χ3n) is 4.16. The molecule has 0 heterocycles. The van der Waals surface area contributed by atoms with Crippen LogP contribution in [0.2, 0.25) is 0 Å². The maximum atomic E-state index is 13.5. The van der Waals surface area contributed by atoms with Gasteiger partial charge < -0.3 is 5.32 Å². The summed E-state index contributed by atoms with van der Waals surface area (Å²) in [7, 11) is 0. The minimum absolute atomic E-state index is 0.461. The van der Waals surface area contributed by atoms with Gasteiger partial charge in [0.2, 0.25) is 5.82 Å². The molecule has 1 saturated carbocycles. The summed E-state index contributed by atoms with van der Waals surface area (Å²) in [5.41, 5.74) is 0.296. The Balaban J connectivity index is 1.91. The first-order valence-corrected chi connectivity index (χ1v) is 7.26. The van der Waals surface area contributed by atoms with Gasteiger partial charge in [-0.15, -0.1) is 0 Å². The molecule has 0 aromatic heterocycles. The van der Waals surface area contributed by atoms with Crippen LogP contribution in [-0.4, -0.2) is 11.0 Å². The first-order chi connectivity index (χ1) is 9.60. The van der Waals surface area contributed by atoms with Crippen LogP contribution in [-0.2, 0) is 6.54 Å². The summed E-state index contributed by atoms with van der Waals surface area (Å²) in [6.45, 7) is 2.79. The van der Waals surface area contributed by atoms with Crippen molar-refractivity contribution < 1.29 is 9.31 Å². The van der Waals surface area contributed by atoms with Crippen LogP contribution < -0.4 is 5.32 Å². The average molecular weight is 280 g/mol. The van der Waals surface area contributed by atoms with E-state index in [1.165, 1.54) is 37.8 Å². The van der Waals surface area contributed by atoms with E-state index in [2.05, 4.69) is 12.2 Å². The Labute approximate surface area is 118 Å². The Hall–Kier alpha value is -1.49. The quantitative estimate of drug-likeness (QED) is 0.659. The molecule has 0 aliphatic heterocycles. The lowest BCUT2D eigenvalue weighted by Gasteiger charge is -2.29. The molecule has 1 N–H and O–H groups in total. The highest BCUT2D eigenvalue weighted by atomic mass is 19.1. The molecule has 0 bridgehead atoms. The lowest BCUT2D eigenvalue weighted by molar-refractivity contribution is -0.387. The zero-order chi connectivity index (χ0) is 14.5. The lowest BCUT2D eigenvalue weighted by atomic mass is 9.84.